The molecule has 0 fully saturated rings. The third-order valence-electron chi connectivity index (χ3n) is 2.06. The molecule has 0 atom stereocenters. The minimum absolute atomic E-state index is 0.649. The number of nitrogens with zero attached hydrogens (tertiary/aromatic N) is 1. The maximum Gasteiger partial charge on any atom is 0.0491 e. The molecule has 1 aromatic heterocycles. The van der Waals surface area contributed by atoms with Crippen molar-refractivity contribution in [2.75, 3.05) is 5.88 Å². The van der Waals surface area contributed by atoms with E-state index < -0.39 is 0 Å². The molecule has 0 amide bonds. The third-order valence-corrected chi connectivity index (χ3v) is 2.72. The van der Waals surface area contributed by atoms with E-state index in [1.54, 1.807) is 0 Å². The highest BCUT2D eigenvalue weighted by molar-refractivity contribution is 9.10. The van der Waals surface area contributed by atoms with Gasteiger partial charge in [0.15, 0.2) is 0 Å². The Bertz CT molecular complexity index is 422. The van der Waals surface area contributed by atoms with E-state index in [2.05, 4.69) is 44.9 Å². The molecule has 0 saturated carbocycles. The second-order valence-corrected chi connectivity index (χ2v) is 4.19. The fourth-order valence-corrected chi connectivity index (χ4v) is 1.97. The van der Waals surface area contributed by atoms with E-state index in [0.29, 0.717) is 5.88 Å². The Morgan fingerprint density at radius 2 is 2.15 bits per heavy atom. The van der Waals surface area contributed by atoms with Crippen molar-refractivity contribution in [1.29, 1.82) is 0 Å². The number of alkyl halides is 1. The Kier molecular flexibility index (Phi) is 2.61. The van der Waals surface area contributed by atoms with Gasteiger partial charge in [-0.3, -0.25) is 0 Å². The first kappa shape index (κ1) is 9.10. The van der Waals surface area contributed by atoms with Gasteiger partial charge in [-0.25, -0.2) is 0 Å². The van der Waals surface area contributed by atoms with Crippen LogP contribution in [0.15, 0.2) is 34.9 Å². The zero-order valence-electron chi connectivity index (χ0n) is 7.00. The highest BCUT2D eigenvalue weighted by atomic mass is 79.9. The Morgan fingerprint density at radius 3 is 2.92 bits per heavy atom. The lowest BCUT2D eigenvalue weighted by atomic mass is 10.2. The summed E-state index contributed by atoms with van der Waals surface area (Å²) in [7, 11) is 0. The van der Waals surface area contributed by atoms with Crippen LogP contribution in [0.2, 0.25) is 0 Å². The standard InChI is InChI=1S/C10H9BrClN/c11-9-2-1-8-3-5-13(6-4-12)10(8)7-9/h1-3,5,7H,4,6H2. The smallest absolute Gasteiger partial charge is 0.0491 e. The lowest BCUT2D eigenvalue weighted by Gasteiger charge is -2.01. The fourth-order valence-electron chi connectivity index (χ4n) is 1.44. The molecule has 0 aliphatic rings. The molecule has 2 aromatic rings. The largest absolute Gasteiger partial charge is 0.346 e. The van der Waals surface area contributed by atoms with Gasteiger partial charge in [-0.05, 0) is 23.6 Å². The van der Waals surface area contributed by atoms with Gasteiger partial charge in [0.1, 0.15) is 0 Å². The van der Waals surface area contributed by atoms with Crippen LogP contribution in [-0.4, -0.2) is 10.4 Å². The van der Waals surface area contributed by atoms with Crippen LogP contribution in [0.1, 0.15) is 0 Å². The number of hydrogen-bond donors (Lipinski definition) is 0. The molecular formula is C10H9BrClN. The van der Waals surface area contributed by atoms with Gasteiger partial charge in [0.25, 0.3) is 0 Å². The Balaban J connectivity index is 2.58. The van der Waals surface area contributed by atoms with E-state index in [1.165, 1.54) is 10.9 Å². The zero-order valence-corrected chi connectivity index (χ0v) is 9.35. The molecular weight excluding hydrogens is 249 g/mol. The molecule has 0 unspecified atom stereocenters. The fraction of sp³-hybridized carbons (Fsp3) is 0.200. The first-order valence-electron chi connectivity index (χ1n) is 4.11. The summed E-state index contributed by atoms with van der Waals surface area (Å²) in [6.45, 7) is 0.863. The molecule has 1 aromatic carbocycles. The van der Waals surface area contributed by atoms with Gasteiger partial charge in [0.2, 0.25) is 0 Å². The van der Waals surface area contributed by atoms with Gasteiger partial charge in [-0.2, -0.15) is 0 Å². The van der Waals surface area contributed by atoms with E-state index in [9.17, 15) is 0 Å². The number of halogens is 2. The van der Waals surface area contributed by atoms with Gasteiger partial charge < -0.3 is 4.57 Å². The highest BCUT2D eigenvalue weighted by Gasteiger charge is 1.99. The van der Waals surface area contributed by atoms with Gasteiger partial charge in [-0.1, -0.05) is 22.0 Å². The topological polar surface area (TPSA) is 4.93 Å². The summed E-state index contributed by atoms with van der Waals surface area (Å²) in [5.41, 5.74) is 1.23. The molecule has 2 rings (SSSR count). The maximum atomic E-state index is 5.70. The summed E-state index contributed by atoms with van der Waals surface area (Å²) >= 11 is 9.16. The molecule has 1 nitrogen and oxygen atoms in total. The summed E-state index contributed by atoms with van der Waals surface area (Å²) in [5, 5.41) is 1.26. The summed E-state index contributed by atoms with van der Waals surface area (Å²) in [6.07, 6.45) is 2.07. The van der Waals surface area contributed by atoms with Crippen molar-refractivity contribution in [3.8, 4) is 0 Å². The second kappa shape index (κ2) is 3.72. The average Bonchev–Trinajstić information content (AvgIpc) is 2.49. The molecule has 0 radical (unpaired) electrons. The van der Waals surface area contributed by atoms with E-state index in [4.69, 9.17) is 11.6 Å². The van der Waals surface area contributed by atoms with Gasteiger partial charge >= 0.3 is 0 Å². The van der Waals surface area contributed by atoms with Crippen molar-refractivity contribution in [3.05, 3.63) is 34.9 Å². The first-order chi connectivity index (χ1) is 6.31. The molecule has 68 valence electrons. The lowest BCUT2D eigenvalue weighted by molar-refractivity contribution is 0.803. The SMILES string of the molecule is ClCCn1ccc2ccc(Br)cc21. The van der Waals surface area contributed by atoms with Crippen LogP contribution in [0.25, 0.3) is 10.9 Å². The average molecular weight is 259 g/mol. The van der Waals surface area contributed by atoms with Gasteiger partial charge in [-0.15, -0.1) is 11.6 Å². The van der Waals surface area contributed by atoms with Crippen molar-refractivity contribution < 1.29 is 0 Å². The molecule has 1 heterocycles. The molecule has 13 heavy (non-hydrogen) atoms. The summed E-state index contributed by atoms with van der Waals surface area (Å²) in [6, 6.07) is 8.37. The summed E-state index contributed by atoms with van der Waals surface area (Å²) < 4.78 is 3.27. The van der Waals surface area contributed by atoms with Crippen LogP contribution in [0.5, 0.6) is 0 Å². The zero-order chi connectivity index (χ0) is 9.26. The van der Waals surface area contributed by atoms with Gasteiger partial charge in [0.05, 0.1) is 0 Å². The Hall–Kier alpha value is -0.470. The number of rotatable bonds is 2. The normalized spacial score (nSPS) is 10.9. The Labute approximate surface area is 90.4 Å². The van der Waals surface area contributed by atoms with Crippen LogP contribution in [0, 0.1) is 0 Å². The van der Waals surface area contributed by atoms with Crippen LogP contribution < -0.4 is 0 Å². The van der Waals surface area contributed by atoms with Crippen LogP contribution in [0.4, 0.5) is 0 Å². The number of fused-ring (bicyclic) bond motifs is 1. The van der Waals surface area contributed by atoms with E-state index in [-0.39, 0.29) is 0 Å². The molecule has 0 spiro atoms. The monoisotopic (exact) mass is 257 g/mol. The molecule has 3 heteroatoms. The van der Waals surface area contributed by atoms with E-state index >= 15 is 0 Å². The van der Waals surface area contributed by atoms with Gasteiger partial charge in [0, 0.05) is 28.6 Å². The molecule has 0 N–H and O–H groups in total. The molecule has 0 bridgehead atoms. The number of benzene rings is 1. The van der Waals surface area contributed by atoms with Crippen molar-refractivity contribution in [2.24, 2.45) is 0 Å². The number of hydrogen-bond acceptors (Lipinski definition) is 0. The van der Waals surface area contributed by atoms with Crippen LogP contribution >= 0.6 is 27.5 Å². The highest BCUT2D eigenvalue weighted by Crippen LogP contribution is 2.20. The maximum absolute atomic E-state index is 5.70. The minimum Gasteiger partial charge on any atom is -0.346 e. The number of aryl methyl sites for hydroxylation is 1. The Morgan fingerprint density at radius 1 is 1.31 bits per heavy atom. The van der Waals surface area contributed by atoms with Crippen molar-refractivity contribution in [3.63, 3.8) is 0 Å². The first-order valence-corrected chi connectivity index (χ1v) is 5.44. The molecule has 0 aliphatic carbocycles. The number of aromatic nitrogens is 1. The second-order valence-electron chi connectivity index (χ2n) is 2.90. The minimum atomic E-state index is 0.649. The molecule has 0 aliphatic heterocycles. The van der Waals surface area contributed by atoms with E-state index in [1.807, 2.05) is 6.07 Å². The predicted molar refractivity (Wildman–Crippen MR) is 60.4 cm³/mol. The van der Waals surface area contributed by atoms with Crippen molar-refractivity contribution >= 4 is 38.4 Å². The van der Waals surface area contributed by atoms with Crippen LogP contribution in [-0.2, 0) is 6.54 Å². The lowest BCUT2D eigenvalue weighted by Crippen LogP contribution is -1.95. The summed E-state index contributed by atoms with van der Waals surface area (Å²) in [5.74, 6) is 0.649. The summed E-state index contributed by atoms with van der Waals surface area (Å²) in [4.78, 5) is 0. The third kappa shape index (κ3) is 1.74. The van der Waals surface area contributed by atoms with Crippen LogP contribution in [0.3, 0.4) is 0 Å². The van der Waals surface area contributed by atoms with Crippen molar-refractivity contribution in [1.82, 2.24) is 4.57 Å². The molecule has 0 saturated heterocycles. The predicted octanol–water partition coefficient (Wildman–Crippen LogP) is 3.64. The van der Waals surface area contributed by atoms with E-state index in [0.717, 1.165) is 11.0 Å². The quantitative estimate of drug-likeness (QED) is 0.725. The van der Waals surface area contributed by atoms with Crippen molar-refractivity contribution in [2.45, 2.75) is 6.54 Å².